The standard InChI is InChI=1S/C25H24Cl2F3N5O5S.C2H6/c26-18-4-6-19(7-5-18)41(39,40)35(21-12-17(25(28,29)30)3-8-20(21)27)15-23(37)34-11-1-2-16(14-34)13-32-24(38)33-22(36)9-10-31;1-2/h3-8,12,16H,1-2,9,11,13-15H2,(H2,32,33,36,38);1-2H3. The molecule has 0 aliphatic carbocycles. The molecule has 1 atom stereocenters. The van der Waals surface area contributed by atoms with Crippen LogP contribution in [0, 0.1) is 17.2 Å². The highest BCUT2D eigenvalue weighted by Crippen LogP contribution is 2.37. The molecule has 1 aliphatic rings. The number of alkyl halides is 3. The van der Waals surface area contributed by atoms with E-state index in [4.69, 9.17) is 28.5 Å². The van der Waals surface area contributed by atoms with Gasteiger partial charge in [-0.3, -0.25) is 19.2 Å². The van der Waals surface area contributed by atoms with Crippen molar-refractivity contribution in [1.82, 2.24) is 15.5 Å². The monoisotopic (exact) mass is 663 g/mol. The van der Waals surface area contributed by atoms with Gasteiger partial charge in [0.25, 0.3) is 10.0 Å². The summed E-state index contributed by atoms with van der Waals surface area (Å²) in [6.45, 7) is 3.57. The molecule has 2 N–H and O–H groups in total. The second kappa shape index (κ2) is 15.8. The lowest BCUT2D eigenvalue weighted by molar-refractivity contribution is -0.137. The summed E-state index contributed by atoms with van der Waals surface area (Å²) in [6.07, 6.45) is -4.20. The summed E-state index contributed by atoms with van der Waals surface area (Å²) >= 11 is 12.0. The fourth-order valence-corrected chi connectivity index (χ4v) is 5.94. The molecule has 0 aromatic heterocycles. The number of piperidine rings is 1. The highest BCUT2D eigenvalue weighted by atomic mass is 35.5. The summed E-state index contributed by atoms with van der Waals surface area (Å²) < 4.78 is 68.3. The van der Waals surface area contributed by atoms with Crippen molar-refractivity contribution in [3.8, 4) is 6.07 Å². The number of nitriles is 1. The van der Waals surface area contributed by atoms with Crippen LogP contribution in [0.15, 0.2) is 47.4 Å². The Labute approximate surface area is 257 Å². The van der Waals surface area contributed by atoms with Gasteiger partial charge in [-0.05, 0) is 61.2 Å². The molecule has 1 saturated heterocycles. The minimum absolute atomic E-state index is 0.0711. The van der Waals surface area contributed by atoms with E-state index < -0.39 is 58.3 Å². The molecule has 0 spiro atoms. The van der Waals surface area contributed by atoms with Crippen LogP contribution < -0.4 is 14.9 Å². The number of amides is 4. The van der Waals surface area contributed by atoms with Crippen molar-refractivity contribution in [3.05, 3.63) is 58.1 Å². The van der Waals surface area contributed by atoms with Gasteiger partial charge in [0.15, 0.2) is 0 Å². The van der Waals surface area contributed by atoms with Gasteiger partial charge in [-0.15, -0.1) is 0 Å². The lowest BCUT2D eigenvalue weighted by Crippen LogP contribution is -2.49. The van der Waals surface area contributed by atoms with E-state index >= 15 is 0 Å². The summed E-state index contributed by atoms with van der Waals surface area (Å²) in [6, 6.07) is 7.86. The third-order valence-corrected chi connectivity index (χ3v) is 8.48. The van der Waals surface area contributed by atoms with E-state index in [-0.39, 0.29) is 40.5 Å². The Morgan fingerprint density at radius 3 is 2.37 bits per heavy atom. The van der Waals surface area contributed by atoms with E-state index in [0.717, 1.165) is 18.2 Å². The number of halogens is 5. The number of sulfonamides is 1. The molecule has 10 nitrogen and oxygen atoms in total. The van der Waals surface area contributed by atoms with Gasteiger partial charge in [0.2, 0.25) is 11.8 Å². The molecule has 43 heavy (non-hydrogen) atoms. The summed E-state index contributed by atoms with van der Waals surface area (Å²) in [7, 11) is -4.59. The second-order valence-electron chi connectivity index (χ2n) is 9.07. The molecular weight excluding hydrogens is 634 g/mol. The first-order valence-electron chi connectivity index (χ1n) is 13.1. The summed E-state index contributed by atoms with van der Waals surface area (Å²) in [5.74, 6) is -1.74. The Hall–Kier alpha value is -3.54. The molecule has 3 rings (SSSR count). The summed E-state index contributed by atoms with van der Waals surface area (Å²) in [5, 5.41) is 12.9. The van der Waals surface area contributed by atoms with Crippen LogP contribution in [-0.2, 0) is 25.8 Å². The number of imide groups is 1. The van der Waals surface area contributed by atoms with Crippen molar-refractivity contribution < 1.29 is 36.0 Å². The highest BCUT2D eigenvalue weighted by molar-refractivity contribution is 7.92. The maximum absolute atomic E-state index is 13.6. The second-order valence-corrected chi connectivity index (χ2v) is 11.8. The minimum atomic E-state index is -4.81. The van der Waals surface area contributed by atoms with Crippen LogP contribution in [0.25, 0.3) is 0 Å². The topological polar surface area (TPSA) is 140 Å². The van der Waals surface area contributed by atoms with Gasteiger partial charge >= 0.3 is 12.2 Å². The predicted molar refractivity (Wildman–Crippen MR) is 155 cm³/mol. The van der Waals surface area contributed by atoms with Crippen molar-refractivity contribution in [2.24, 2.45) is 5.92 Å². The van der Waals surface area contributed by atoms with Crippen molar-refractivity contribution in [3.63, 3.8) is 0 Å². The van der Waals surface area contributed by atoms with E-state index in [9.17, 15) is 36.0 Å². The Kier molecular flexibility index (Phi) is 13.1. The zero-order chi connectivity index (χ0) is 32.4. The number of carbonyl (C=O) groups is 3. The van der Waals surface area contributed by atoms with Crippen molar-refractivity contribution in [2.75, 3.05) is 30.5 Å². The molecule has 2 aromatic rings. The van der Waals surface area contributed by atoms with E-state index in [1.54, 1.807) is 6.07 Å². The number of nitrogens with zero attached hydrogens (tertiary/aromatic N) is 3. The quantitative estimate of drug-likeness (QED) is 0.397. The van der Waals surface area contributed by atoms with E-state index in [0.29, 0.717) is 29.3 Å². The van der Waals surface area contributed by atoms with Crippen molar-refractivity contribution >= 4 is 56.8 Å². The van der Waals surface area contributed by atoms with Gasteiger partial charge in [-0.1, -0.05) is 37.0 Å². The number of carbonyl (C=O) groups excluding carboxylic acids is 3. The maximum atomic E-state index is 13.6. The third kappa shape index (κ3) is 10.0. The first-order valence-corrected chi connectivity index (χ1v) is 15.3. The van der Waals surface area contributed by atoms with E-state index in [1.807, 2.05) is 19.2 Å². The number of nitrogens with one attached hydrogen (secondary N) is 2. The molecule has 234 valence electrons. The largest absolute Gasteiger partial charge is 0.416 e. The Morgan fingerprint density at radius 1 is 1.12 bits per heavy atom. The van der Waals surface area contributed by atoms with E-state index in [1.165, 1.54) is 17.0 Å². The zero-order valence-corrected chi connectivity index (χ0v) is 25.6. The lowest BCUT2D eigenvalue weighted by Gasteiger charge is -2.35. The SMILES string of the molecule is CC.N#CCC(=O)NC(=O)NCC1CCCN(C(=O)CN(c2cc(C(F)(F)F)ccc2Cl)S(=O)(=O)c2ccc(Cl)cc2)C1. The molecule has 1 fully saturated rings. The van der Waals surface area contributed by atoms with Gasteiger partial charge in [-0.25, -0.2) is 13.2 Å². The number of likely N-dealkylation sites (tertiary alicyclic amines) is 1. The molecule has 1 aliphatic heterocycles. The van der Waals surface area contributed by atoms with Gasteiger partial charge in [0, 0.05) is 24.7 Å². The molecule has 2 aromatic carbocycles. The van der Waals surface area contributed by atoms with Crippen LogP contribution in [0.1, 0.15) is 38.7 Å². The average Bonchev–Trinajstić information content (AvgIpc) is 2.96. The van der Waals surface area contributed by atoms with Crippen LogP contribution in [0.2, 0.25) is 10.0 Å². The van der Waals surface area contributed by atoms with Gasteiger partial charge in [0.05, 0.1) is 27.2 Å². The smallest absolute Gasteiger partial charge is 0.341 e. The number of urea groups is 1. The number of hydrogen-bond donors (Lipinski definition) is 2. The Balaban J connectivity index is 0.00000316. The summed E-state index contributed by atoms with van der Waals surface area (Å²) in [4.78, 5) is 37.7. The fraction of sp³-hybridized carbons (Fsp3) is 0.407. The predicted octanol–water partition coefficient (Wildman–Crippen LogP) is 5.21. The average molecular weight is 665 g/mol. The van der Waals surface area contributed by atoms with Gasteiger partial charge < -0.3 is 10.2 Å². The molecule has 0 bridgehead atoms. The number of hydrogen-bond acceptors (Lipinski definition) is 6. The first kappa shape index (κ1) is 35.7. The fourth-order valence-electron chi connectivity index (χ4n) is 4.12. The first-order chi connectivity index (χ1) is 20.2. The van der Waals surface area contributed by atoms with Crippen molar-refractivity contribution in [1.29, 1.82) is 5.26 Å². The minimum Gasteiger partial charge on any atom is -0.341 e. The molecule has 16 heteroatoms. The summed E-state index contributed by atoms with van der Waals surface area (Å²) in [5.41, 5.74) is -1.69. The lowest BCUT2D eigenvalue weighted by atomic mass is 9.98. The van der Waals surface area contributed by atoms with Crippen LogP contribution in [-0.4, -0.2) is 57.3 Å². The van der Waals surface area contributed by atoms with Crippen LogP contribution in [0.3, 0.4) is 0 Å². The normalized spacial score (nSPS) is 14.9. The van der Waals surface area contributed by atoms with Crippen LogP contribution >= 0.6 is 23.2 Å². The van der Waals surface area contributed by atoms with Crippen LogP contribution in [0.4, 0.5) is 23.7 Å². The van der Waals surface area contributed by atoms with Gasteiger partial charge in [0.1, 0.15) is 13.0 Å². The van der Waals surface area contributed by atoms with Crippen LogP contribution in [0.5, 0.6) is 0 Å². The molecule has 4 amide bonds. The third-order valence-electron chi connectivity index (χ3n) is 6.14. The molecule has 1 heterocycles. The molecule has 0 saturated carbocycles. The van der Waals surface area contributed by atoms with E-state index in [2.05, 4.69) is 5.32 Å². The maximum Gasteiger partial charge on any atom is 0.416 e. The Bertz CT molecular complexity index is 1450. The highest BCUT2D eigenvalue weighted by Gasteiger charge is 2.36. The number of rotatable bonds is 8. The Morgan fingerprint density at radius 2 is 1.77 bits per heavy atom. The van der Waals surface area contributed by atoms with Gasteiger partial charge in [-0.2, -0.15) is 18.4 Å². The van der Waals surface area contributed by atoms with Crippen molar-refractivity contribution in [2.45, 2.75) is 44.2 Å². The molecule has 0 radical (unpaired) electrons. The number of anilines is 1. The molecular formula is C27H30Cl2F3N5O5S. The molecule has 1 unspecified atom stereocenters. The zero-order valence-electron chi connectivity index (χ0n) is 23.2. The number of benzene rings is 2.